The summed E-state index contributed by atoms with van der Waals surface area (Å²) in [6.07, 6.45) is 9.27. The van der Waals surface area contributed by atoms with Crippen molar-refractivity contribution in [2.45, 2.75) is 51.0 Å². The molecule has 2 saturated carbocycles. The lowest BCUT2D eigenvalue weighted by Gasteiger charge is -2.41. The normalized spacial score (nSPS) is 30.5. The Balaban J connectivity index is 1.70. The lowest BCUT2D eigenvalue weighted by atomic mass is 9.65. The summed E-state index contributed by atoms with van der Waals surface area (Å²) in [6.45, 7) is 0. The first-order valence-corrected chi connectivity index (χ1v) is 8.28. The minimum absolute atomic E-state index is 0.0479. The van der Waals surface area contributed by atoms with Crippen molar-refractivity contribution >= 4 is 0 Å². The molecule has 2 nitrogen and oxygen atoms in total. The molecule has 3 heteroatoms. The molecule has 2 aliphatic carbocycles. The van der Waals surface area contributed by atoms with Crippen molar-refractivity contribution in [2.24, 2.45) is 23.5 Å². The molecule has 3 rings (SSSR count). The lowest BCUT2D eigenvalue weighted by molar-refractivity contribution is 0.117. The second-order valence-electron chi connectivity index (χ2n) is 6.80. The van der Waals surface area contributed by atoms with Gasteiger partial charge in [-0.15, -0.1) is 0 Å². The van der Waals surface area contributed by atoms with Crippen LogP contribution >= 0.6 is 0 Å². The van der Waals surface area contributed by atoms with Crippen molar-refractivity contribution in [1.82, 2.24) is 0 Å². The molecule has 2 N–H and O–H groups in total. The fraction of sp³-hybridized carbons (Fsp3) is 0.667. The summed E-state index contributed by atoms with van der Waals surface area (Å²) in [5.74, 6) is 2.26. The van der Waals surface area contributed by atoms with Crippen LogP contribution in [0.15, 0.2) is 18.2 Å². The number of nitrogens with two attached hydrogens (primary N) is 1. The summed E-state index contributed by atoms with van der Waals surface area (Å²) in [6, 6.07) is 5.11. The minimum atomic E-state index is -0.309. The molecule has 0 radical (unpaired) electrons. The van der Waals surface area contributed by atoms with Gasteiger partial charge in [0.15, 0.2) is 11.6 Å². The average molecular weight is 291 g/mol. The fourth-order valence-electron chi connectivity index (χ4n) is 4.40. The molecule has 0 amide bonds. The monoisotopic (exact) mass is 291 g/mol. The Kier molecular flexibility index (Phi) is 4.48. The van der Waals surface area contributed by atoms with E-state index in [-0.39, 0.29) is 11.9 Å². The van der Waals surface area contributed by atoms with Gasteiger partial charge in [0.05, 0.1) is 7.11 Å². The minimum Gasteiger partial charge on any atom is -0.494 e. The number of fused-ring (bicyclic) bond motifs is 1. The van der Waals surface area contributed by atoms with E-state index in [0.717, 1.165) is 17.4 Å². The van der Waals surface area contributed by atoms with Crippen LogP contribution in [0, 0.1) is 23.6 Å². The SMILES string of the molecule is COc1ccc(C(N)C2CCC3CCCCC3C2)cc1F. The highest BCUT2D eigenvalue weighted by molar-refractivity contribution is 5.31. The van der Waals surface area contributed by atoms with Gasteiger partial charge in [0, 0.05) is 6.04 Å². The van der Waals surface area contributed by atoms with E-state index in [4.69, 9.17) is 10.5 Å². The van der Waals surface area contributed by atoms with Crippen molar-refractivity contribution in [1.29, 1.82) is 0 Å². The summed E-state index contributed by atoms with van der Waals surface area (Å²) >= 11 is 0. The standard InChI is InChI=1S/C18H26FNO/c1-21-17-9-8-15(11-16(17)19)18(20)14-7-6-12-4-2-3-5-13(12)10-14/h8-9,11-14,18H,2-7,10,20H2,1H3. The third-order valence-electron chi connectivity index (χ3n) is 5.65. The highest BCUT2D eigenvalue weighted by atomic mass is 19.1. The fourth-order valence-corrected chi connectivity index (χ4v) is 4.40. The molecule has 0 spiro atoms. The highest BCUT2D eigenvalue weighted by Crippen LogP contribution is 2.45. The zero-order valence-corrected chi connectivity index (χ0v) is 12.9. The maximum atomic E-state index is 13.9. The first-order valence-electron chi connectivity index (χ1n) is 8.28. The lowest BCUT2D eigenvalue weighted by Crippen LogP contribution is -2.33. The largest absolute Gasteiger partial charge is 0.494 e. The van der Waals surface area contributed by atoms with Crippen LogP contribution in [0.3, 0.4) is 0 Å². The Hall–Kier alpha value is -1.09. The van der Waals surface area contributed by atoms with Crippen molar-refractivity contribution < 1.29 is 9.13 Å². The van der Waals surface area contributed by atoms with Crippen LogP contribution in [-0.4, -0.2) is 7.11 Å². The van der Waals surface area contributed by atoms with Crippen molar-refractivity contribution in [3.63, 3.8) is 0 Å². The topological polar surface area (TPSA) is 35.2 Å². The molecular weight excluding hydrogens is 265 g/mol. The van der Waals surface area contributed by atoms with Crippen molar-refractivity contribution in [3.8, 4) is 5.75 Å². The number of rotatable bonds is 3. The van der Waals surface area contributed by atoms with Gasteiger partial charge in [-0.25, -0.2) is 4.39 Å². The third-order valence-corrected chi connectivity index (χ3v) is 5.65. The molecule has 21 heavy (non-hydrogen) atoms. The van der Waals surface area contributed by atoms with Crippen molar-refractivity contribution in [2.75, 3.05) is 7.11 Å². The Bertz CT molecular complexity index is 490. The number of hydrogen-bond donors (Lipinski definition) is 1. The summed E-state index contributed by atoms with van der Waals surface area (Å²) in [7, 11) is 1.49. The van der Waals surface area contributed by atoms with Crippen LogP contribution in [0.25, 0.3) is 0 Å². The molecule has 0 bridgehead atoms. The van der Waals surface area contributed by atoms with E-state index >= 15 is 0 Å². The van der Waals surface area contributed by atoms with Crippen LogP contribution in [0.4, 0.5) is 4.39 Å². The summed E-state index contributed by atoms with van der Waals surface area (Å²) in [4.78, 5) is 0. The van der Waals surface area contributed by atoms with Crippen LogP contribution in [0.5, 0.6) is 5.75 Å². The van der Waals surface area contributed by atoms with E-state index in [1.54, 1.807) is 12.1 Å². The van der Waals surface area contributed by atoms with Crippen LogP contribution in [0.1, 0.15) is 56.6 Å². The van der Waals surface area contributed by atoms with Gasteiger partial charge in [0.25, 0.3) is 0 Å². The summed E-state index contributed by atoms with van der Waals surface area (Å²) in [5.41, 5.74) is 7.35. The van der Waals surface area contributed by atoms with Crippen LogP contribution in [-0.2, 0) is 0 Å². The second kappa shape index (κ2) is 6.35. The number of halogens is 1. The van der Waals surface area contributed by atoms with Gasteiger partial charge in [0.1, 0.15) is 0 Å². The highest BCUT2D eigenvalue weighted by Gasteiger charge is 2.34. The molecule has 2 fully saturated rings. The van der Waals surface area contributed by atoms with Gasteiger partial charge in [-0.1, -0.05) is 31.7 Å². The predicted octanol–water partition coefficient (Wildman–Crippen LogP) is 4.44. The average Bonchev–Trinajstić information content (AvgIpc) is 2.53. The predicted molar refractivity (Wildman–Crippen MR) is 82.7 cm³/mol. The van der Waals surface area contributed by atoms with Gasteiger partial charge in [-0.3, -0.25) is 0 Å². The third kappa shape index (κ3) is 3.08. The quantitative estimate of drug-likeness (QED) is 0.893. The van der Waals surface area contributed by atoms with Gasteiger partial charge >= 0.3 is 0 Å². The molecule has 0 aliphatic heterocycles. The molecule has 1 aromatic rings. The summed E-state index contributed by atoms with van der Waals surface area (Å²) in [5, 5.41) is 0. The molecule has 0 heterocycles. The van der Waals surface area contributed by atoms with Crippen molar-refractivity contribution in [3.05, 3.63) is 29.6 Å². The number of ether oxygens (including phenoxy) is 1. The molecule has 1 aromatic carbocycles. The molecule has 4 unspecified atom stereocenters. The van der Waals surface area contributed by atoms with Gasteiger partial charge in [-0.2, -0.15) is 0 Å². The second-order valence-corrected chi connectivity index (χ2v) is 6.80. The van der Waals surface area contributed by atoms with E-state index in [2.05, 4.69) is 0 Å². The first kappa shape index (κ1) is 14.8. The van der Waals surface area contributed by atoms with Gasteiger partial charge < -0.3 is 10.5 Å². The molecule has 116 valence electrons. The van der Waals surface area contributed by atoms with Gasteiger partial charge in [0.2, 0.25) is 0 Å². The zero-order chi connectivity index (χ0) is 14.8. The van der Waals surface area contributed by atoms with E-state index < -0.39 is 0 Å². The smallest absolute Gasteiger partial charge is 0.165 e. The molecule has 2 aliphatic rings. The van der Waals surface area contributed by atoms with E-state index in [1.165, 1.54) is 52.1 Å². The van der Waals surface area contributed by atoms with Crippen LogP contribution in [0.2, 0.25) is 0 Å². The maximum absolute atomic E-state index is 13.9. The molecular formula is C18H26FNO. The molecule has 4 atom stereocenters. The molecule has 0 saturated heterocycles. The number of benzene rings is 1. The first-order chi connectivity index (χ1) is 10.2. The number of methoxy groups -OCH3 is 1. The Morgan fingerprint density at radius 1 is 1.14 bits per heavy atom. The van der Waals surface area contributed by atoms with Crippen LogP contribution < -0.4 is 10.5 Å². The molecule has 0 aromatic heterocycles. The Morgan fingerprint density at radius 2 is 1.90 bits per heavy atom. The Labute approximate surface area is 126 Å². The van der Waals surface area contributed by atoms with E-state index in [9.17, 15) is 4.39 Å². The zero-order valence-electron chi connectivity index (χ0n) is 12.9. The maximum Gasteiger partial charge on any atom is 0.165 e. The number of hydrogen-bond acceptors (Lipinski definition) is 2. The Morgan fingerprint density at radius 3 is 2.62 bits per heavy atom. The van der Waals surface area contributed by atoms with E-state index in [0.29, 0.717) is 11.7 Å². The van der Waals surface area contributed by atoms with Gasteiger partial charge in [-0.05, 0) is 54.7 Å². The van der Waals surface area contributed by atoms with E-state index in [1.807, 2.05) is 6.07 Å². The summed E-state index contributed by atoms with van der Waals surface area (Å²) < 4.78 is 18.8.